The van der Waals surface area contributed by atoms with E-state index in [4.69, 9.17) is 4.74 Å². The van der Waals surface area contributed by atoms with Gasteiger partial charge in [0.05, 0.1) is 19.8 Å². The van der Waals surface area contributed by atoms with Gasteiger partial charge >= 0.3 is 0 Å². The minimum atomic E-state index is 0.831. The average molecular weight is 355 g/mol. The van der Waals surface area contributed by atoms with Crippen LogP contribution in [0.4, 0.5) is 0 Å². The van der Waals surface area contributed by atoms with Crippen LogP contribution in [-0.2, 0) is 18.3 Å². The van der Waals surface area contributed by atoms with Gasteiger partial charge in [0.15, 0.2) is 5.16 Å². The fourth-order valence-corrected chi connectivity index (χ4v) is 3.90. The van der Waals surface area contributed by atoms with Gasteiger partial charge in [0, 0.05) is 25.9 Å². The highest BCUT2D eigenvalue weighted by Gasteiger charge is 2.15. The van der Waals surface area contributed by atoms with Crippen molar-refractivity contribution < 1.29 is 4.74 Å². The summed E-state index contributed by atoms with van der Waals surface area (Å²) < 4.78 is 7.55. The maximum Gasteiger partial charge on any atom is 0.190 e. The van der Waals surface area contributed by atoms with E-state index in [-0.39, 0.29) is 0 Å². The lowest BCUT2D eigenvalue weighted by molar-refractivity contribution is 0.0326. The molecule has 0 bridgehead atoms. The quantitative estimate of drug-likeness (QED) is 0.421. The summed E-state index contributed by atoms with van der Waals surface area (Å²) in [5, 5.41) is 9.80. The third-order valence-corrected chi connectivity index (χ3v) is 5.73. The fraction of sp³-hybridized carbons (Fsp3) is 0.889. The second kappa shape index (κ2) is 11.9. The van der Waals surface area contributed by atoms with Crippen molar-refractivity contribution >= 4 is 11.8 Å². The number of hydrogen-bond donors (Lipinski definition) is 0. The van der Waals surface area contributed by atoms with Gasteiger partial charge in [-0.25, -0.2) is 0 Å². The first-order valence-corrected chi connectivity index (χ1v) is 10.6. The highest BCUT2D eigenvalue weighted by molar-refractivity contribution is 7.99. The van der Waals surface area contributed by atoms with Gasteiger partial charge in [-0.2, -0.15) is 0 Å². The first-order valence-electron chi connectivity index (χ1n) is 9.62. The van der Waals surface area contributed by atoms with Crippen LogP contribution >= 0.6 is 11.8 Å². The highest BCUT2D eigenvalue weighted by atomic mass is 32.2. The monoisotopic (exact) mass is 354 g/mol. The van der Waals surface area contributed by atoms with E-state index >= 15 is 0 Å². The van der Waals surface area contributed by atoms with Crippen LogP contribution in [0.25, 0.3) is 0 Å². The largest absolute Gasteiger partial charge is 0.379 e. The minimum absolute atomic E-state index is 0.831. The molecule has 1 aromatic rings. The lowest BCUT2D eigenvalue weighted by Crippen LogP contribution is -2.36. The molecule has 0 unspecified atom stereocenters. The molecule has 1 aliphatic heterocycles. The Morgan fingerprint density at radius 2 is 1.62 bits per heavy atom. The molecule has 0 atom stereocenters. The van der Waals surface area contributed by atoms with Gasteiger partial charge < -0.3 is 9.30 Å². The Bertz CT molecular complexity index is 446. The van der Waals surface area contributed by atoms with Crippen molar-refractivity contribution in [2.75, 3.05) is 32.1 Å². The van der Waals surface area contributed by atoms with Gasteiger partial charge in [-0.1, -0.05) is 63.6 Å². The normalized spacial score (nSPS) is 15.9. The molecule has 2 rings (SSSR count). The standard InChI is InChI=1S/C18H34N4OS/c1-3-4-5-6-7-8-9-10-15-24-18-20-19-17(21(18)2)16-22-11-13-23-14-12-22/h3-16H2,1-2H3. The predicted octanol–water partition coefficient (Wildman–Crippen LogP) is 3.88. The topological polar surface area (TPSA) is 43.2 Å². The van der Waals surface area contributed by atoms with Crippen LogP contribution in [0.5, 0.6) is 0 Å². The van der Waals surface area contributed by atoms with E-state index in [2.05, 4.69) is 33.6 Å². The Labute approximate surface area is 151 Å². The molecule has 0 saturated carbocycles. The van der Waals surface area contributed by atoms with Crippen molar-refractivity contribution in [3.05, 3.63) is 5.82 Å². The van der Waals surface area contributed by atoms with E-state index in [9.17, 15) is 0 Å². The van der Waals surface area contributed by atoms with Gasteiger partial charge in [0.1, 0.15) is 5.82 Å². The second-order valence-electron chi connectivity index (χ2n) is 6.67. The maximum absolute atomic E-state index is 5.40. The molecule has 0 radical (unpaired) electrons. The molecule has 138 valence electrons. The van der Waals surface area contributed by atoms with Gasteiger partial charge in [0.2, 0.25) is 0 Å². The fourth-order valence-electron chi connectivity index (χ4n) is 2.97. The molecule has 6 heteroatoms. The van der Waals surface area contributed by atoms with Crippen molar-refractivity contribution in [3.63, 3.8) is 0 Å². The summed E-state index contributed by atoms with van der Waals surface area (Å²) in [5.74, 6) is 2.22. The molecule has 0 N–H and O–H groups in total. The Morgan fingerprint density at radius 3 is 2.33 bits per heavy atom. The number of thioether (sulfide) groups is 1. The summed E-state index contributed by atoms with van der Waals surface area (Å²) in [5.41, 5.74) is 0. The number of hydrogen-bond acceptors (Lipinski definition) is 5. The smallest absolute Gasteiger partial charge is 0.190 e. The minimum Gasteiger partial charge on any atom is -0.379 e. The van der Waals surface area contributed by atoms with Crippen LogP contribution in [0.2, 0.25) is 0 Å². The molecule has 0 amide bonds. The van der Waals surface area contributed by atoms with Gasteiger partial charge in [-0.05, 0) is 6.42 Å². The molecule has 1 fully saturated rings. The molecule has 1 aromatic heterocycles. The average Bonchev–Trinajstić information content (AvgIpc) is 2.94. The van der Waals surface area contributed by atoms with E-state index in [1.165, 1.54) is 51.4 Å². The summed E-state index contributed by atoms with van der Waals surface area (Å²) in [6, 6.07) is 0. The Hall–Kier alpha value is -0.590. The zero-order valence-corrected chi connectivity index (χ0v) is 16.3. The molecule has 1 aliphatic rings. The van der Waals surface area contributed by atoms with Crippen LogP contribution in [-0.4, -0.2) is 51.7 Å². The van der Waals surface area contributed by atoms with Crippen LogP contribution in [0, 0.1) is 0 Å². The zero-order valence-electron chi connectivity index (χ0n) is 15.5. The molecule has 0 aliphatic carbocycles. The second-order valence-corrected chi connectivity index (χ2v) is 7.73. The molecule has 5 nitrogen and oxygen atoms in total. The molecular formula is C18H34N4OS. The summed E-state index contributed by atoms with van der Waals surface area (Å²) in [6.45, 7) is 6.80. The third kappa shape index (κ3) is 7.11. The van der Waals surface area contributed by atoms with E-state index in [1.54, 1.807) is 0 Å². The maximum atomic E-state index is 5.40. The van der Waals surface area contributed by atoms with E-state index < -0.39 is 0 Å². The highest BCUT2D eigenvalue weighted by Crippen LogP contribution is 2.19. The SMILES string of the molecule is CCCCCCCCCCSc1nnc(CN2CCOCC2)n1C. The predicted molar refractivity (Wildman–Crippen MR) is 100 cm³/mol. The number of ether oxygens (including phenoxy) is 1. The van der Waals surface area contributed by atoms with E-state index in [0.717, 1.165) is 49.6 Å². The number of aromatic nitrogens is 3. The van der Waals surface area contributed by atoms with Crippen molar-refractivity contribution in [2.24, 2.45) is 7.05 Å². The summed E-state index contributed by atoms with van der Waals surface area (Å²) in [7, 11) is 2.09. The van der Waals surface area contributed by atoms with Crippen LogP contribution in [0.3, 0.4) is 0 Å². The van der Waals surface area contributed by atoms with Gasteiger partial charge in [-0.3, -0.25) is 4.90 Å². The number of rotatable bonds is 12. The summed E-state index contributed by atoms with van der Waals surface area (Å²) in [6.07, 6.45) is 11.0. The first-order chi connectivity index (χ1) is 11.8. The zero-order chi connectivity index (χ0) is 17.0. The summed E-state index contributed by atoms with van der Waals surface area (Å²) in [4.78, 5) is 2.39. The number of unbranched alkanes of at least 4 members (excludes halogenated alkanes) is 7. The first kappa shape index (κ1) is 19.7. The summed E-state index contributed by atoms with van der Waals surface area (Å²) >= 11 is 1.85. The van der Waals surface area contributed by atoms with Crippen LogP contribution < -0.4 is 0 Å². The third-order valence-electron chi connectivity index (χ3n) is 4.62. The molecule has 24 heavy (non-hydrogen) atoms. The lowest BCUT2D eigenvalue weighted by Gasteiger charge is -2.25. The molecular weight excluding hydrogens is 320 g/mol. The van der Waals surface area contributed by atoms with Crippen molar-refractivity contribution in [3.8, 4) is 0 Å². The van der Waals surface area contributed by atoms with Crippen molar-refractivity contribution in [1.82, 2.24) is 19.7 Å². The molecule has 2 heterocycles. The lowest BCUT2D eigenvalue weighted by atomic mass is 10.1. The van der Waals surface area contributed by atoms with Gasteiger partial charge in [-0.15, -0.1) is 10.2 Å². The van der Waals surface area contributed by atoms with Crippen LogP contribution in [0.15, 0.2) is 5.16 Å². The molecule has 0 aromatic carbocycles. The van der Waals surface area contributed by atoms with Gasteiger partial charge in [0.25, 0.3) is 0 Å². The van der Waals surface area contributed by atoms with E-state index in [0.29, 0.717) is 0 Å². The Balaban J connectivity index is 1.58. The molecule has 0 spiro atoms. The number of morpholine rings is 1. The van der Waals surface area contributed by atoms with E-state index in [1.807, 2.05) is 11.8 Å². The van der Waals surface area contributed by atoms with Crippen molar-refractivity contribution in [1.29, 1.82) is 0 Å². The van der Waals surface area contributed by atoms with Crippen molar-refractivity contribution in [2.45, 2.75) is 70.0 Å². The van der Waals surface area contributed by atoms with Crippen LogP contribution in [0.1, 0.15) is 64.1 Å². The Morgan fingerprint density at radius 1 is 0.958 bits per heavy atom. The Kier molecular flexibility index (Phi) is 9.76. The molecule has 1 saturated heterocycles. The number of nitrogens with zero attached hydrogens (tertiary/aromatic N) is 4.